The highest BCUT2D eigenvalue weighted by atomic mass is 31.2. The molecule has 464 valence electrons. The van der Waals surface area contributed by atoms with E-state index in [9.17, 15) is 28.9 Å². The van der Waals surface area contributed by atoms with Gasteiger partial charge in [0.2, 0.25) is 0 Å². The normalized spacial score (nSPS) is 13.7. The van der Waals surface area contributed by atoms with Crippen LogP contribution in [0.5, 0.6) is 0 Å². The monoisotopic (exact) mass is 1140 g/mol. The number of aliphatic hydroxyl groups excluding tert-OH is 1. The minimum absolute atomic E-state index is 0.138. The van der Waals surface area contributed by atoms with Crippen molar-refractivity contribution >= 4 is 25.7 Å². The third kappa shape index (κ3) is 59.5. The van der Waals surface area contributed by atoms with E-state index < -0.39 is 57.8 Å². The summed E-state index contributed by atoms with van der Waals surface area (Å²) in [6.07, 6.45) is 71.3. The van der Waals surface area contributed by atoms with Gasteiger partial charge >= 0.3 is 25.7 Å². The van der Waals surface area contributed by atoms with Crippen molar-refractivity contribution in [3.8, 4) is 0 Å². The lowest BCUT2D eigenvalue weighted by Crippen LogP contribution is -2.30. The molecule has 0 rings (SSSR count). The van der Waals surface area contributed by atoms with E-state index in [1.54, 1.807) is 0 Å². The van der Waals surface area contributed by atoms with Gasteiger partial charge in [0.15, 0.2) is 6.10 Å². The van der Waals surface area contributed by atoms with Crippen LogP contribution in [-0.2, 0) is 42.2 Å². The van der Waals surface area contributed by atoms with Crippen LogP contribution in [0.15, 0.2) is 72.9 Å². The Bertz CT molecular complexity index is 1620. The average Bonchev–Trinajstić information content (AvgIpc) is 3.45. The van der Waals surface area contributed by atoms with Crippen LogP contribution in [0.4, 0.5) is 0 Å². The minimum Gasteiger partial charge on any atom is -0.462 e. The first kappa shape index (κ1) is 76.9. The molecule has 0 saturated heterocycles. The van der Waals surface area contributed by atoms with E-state index >= 15 is 0 Å². The van der Waals surface area contributed by atoms with Gasteiger partial charge in [-0.3, -0.25) is 23.4 Å². The number of allylic oxidation sites excluding steroid dienone is 12. The Morgan fingerprint density at radius 3 is 1.02 bits per heavy atom. The summed E-state index contributed by atoms with van der Waals surface area (Å²) in [6.45, 7) is 4.53. The number of phosphoric ester groups is 1. The van der Waals surface area contributed by atoms with Gasteiger partial charge in [-0.2, -0.15) is 0 Å². The van der Waals surface area contributed by atoms with Gasteiger partial charge in [-0.25, -0.2) is 4.57 Å². The van der Waals surface area contributed by atoms with E-state index in [0.29, 0.717) is 19.3 Å². The maximum Gasteiger partial charge on any atom is 0.472 e. The number of hydrogen-bond donors (Lipinski definition) is 2. The molecule has 80 heavy (non-hydrogen) atoms. The lowest BCUT2D eigenvalue weighted by atomic mass is 10.0. The topological polar surface area (TPSA) is 155 Å². The van der Waals surface area contributed by atoms with E-state index in [1.165, 1.54) is 141 Å². The molecule has 0 aliphatic heterocycles. The maximum absolute atomic E-state index is 13.0. The van der Waals surface area contributed by atoms with E-state index in [0.717, 1.165) is 103 Å². The first-order valence-corrected chi connectivity index (χ1v) is 34.3. The summed E-state index contributed by atoms with van der Waals surface area (Å²) in [5.74, 6) is -1.48. The molecule has 0 heterocycles. The molecule has 0 aliphatic carbocycles. The number of ether oxygens (including phenoxy) is 3. The Morgan fingerprint density at radius 1 is 0.362 bits per heavy atom. The molecule has 11 nitrogen and oxygen atoms in total. The Labute approximate surface area is 490 Å². The molecule has 0 aliphatic rings. The first-order chi connectivity index (χ1) is 39.2. The third-order valence-electron chi connectivity index (χ3n) is 14.1. The zero-order valence-corrected chi connectivity index (χ0v) is 52.4. The molecule has 3 atom stereocenters. The van der Waals surface area contributed by atoms with Crippen LogP contribution in [0.1, 0.15) is 303 Å². The van der Waals surface area contributed by atoms with Crippen molar-refractivity contribution in [2.45, 2.75) is 315 Å². The molecule has 2 N–H and O–H groups in total. The Kier molecular flexibility index (Phi) is 59.6. The van der Waals surface area contributed by atoms with Gasteiger partial charge in [0.1, 0.15) is 12.7 Å². The number of esters is 3. The van der Waals surface area contributed by atoms with Gasteiger partial charge in [0.25, 0.3) is 0 Å². The van der Waals surface area contributed by atoms with Crippen LogP contribution in [-0.4, -0.2) is 66.5 Å². The van der Waals surface area contributed by atoms with Crippen LogP contribution in [0.2, 0.25) is 0 Å². The molecule has 0 bridgehead atoms. The molecule has 12 heteroatoms. The average molecular weight is 1150 g/mol. The SMILES string of the molecule is CC/C=C\C/C=C\C/C=C\C/C=C\CCCCCCC(=O)OC(COC(=O)CCCCCCCCCCC/C=C\C/C=C\CCCCC)COP(=O)(O)OCC(CO)OC(=O)CCCCCCCCCCCCCCCCCCC. The zero-order chi connectivity index (χ0) is 58.3. The Morgan fingerprint density at radius 2 is 0.650 bits per heavy atom. The van der Waals surface area contributed by atoms with Crippen LogP contribution in [0.3, 0.4) is 0 Å². The largest absolute Gasteiger partial charge is 0.472 e. The van der Waals surface area contributed by atoms with Crippen LogP contribution in [0.25, 0.3) is 0 Å². The van der Waals surface area contributed by atoms with Gasteiger partial charge in [-0.1, -0.05) is 267 Å². The lowest BCUT2D eigenvalue weighted by molar-refractivity contribution is -0.161. The summed E-state index contributed by atoms with van der Waals surface area (Å²) < 4.78 is 39.7. The van der Waals surface area contributed by atoms with Crippen molar-refractivity contribution in [3.05, 3.63) is 72.9 Å². The van der Waals surface area contributed by atoms with Gasteiger partial charge in [-0.05, 0) is 89.9 Å². The zero-order valence-electron chi connectivity index (χ0n) is 51.5. The molecule has 0 spiro atoms. The molecular formula is C68H121O11P. The maximum atomic E-state index is 13.0. The first-order valence-electron chi connectivity index (χ1n) is 32.8. The molecule has 0 radical (unpaired) electrons. The molecule has 0 aromatic heterocycles. The van der Waals surface area contributed by atoms with E-state index in [4.69, 9.17) is 23.3 Å². The van der Waals surface area contributed by atoms with Crippen molar-refractivity contribution in [2.75, 3.05) is 26.4 Å². The number of aliphatic hydroxyl groups is 1. The lowest BCUT2D eigenvalue weighted by Gasteiger charge is -2.21. The molecule has 0 aromatic carbocycles. The fourth-order valence-electron chi connectivity index (χ4n) is 9.14. The van der Waals surface area contributed by atoms with Crippen LogP contribution >= 0.6 is 7.82 Å². The third-order valence-corrected chi connectivity index (χ3v) is 15.1. The fraction of sp³-hybridized carbons (Fsp3) is 0.779. The number of hydrogen-bond acceptors (Lipinski definition) is 10. The van der Waals surface area contributed by atoms with Crippen molar-refractivity contribution in [2.24, 2.45) is 0 Å². The van der Waals surface area contributed by atoms with Gasteiger partial charge < -0.3 is 24.2 Å². The predicted molar refractivity (Wildman–Crippen MR) is 335 cm³/mol. The van der Waals surface area contributed by atoms with E-state index in [2.05, 4.69) is 93.7 Å². The Hall–Kier alpha value is -3.08. The Balaban J connectivity index is 4.71. The fourth-order valence-corrected chi connectivity index (χ4v) is 9.93. The summed E-state index contributed by atoms with van der Waals surface area (Å²) in [4.78, 5) is 48.8. The minimum atomic E-state index is -4.76. The molecule has 0 fully saturated rings. The second-order valence-electron chi connectivity index (χ2n) is 21.9. The number of unbranched alkanes of at least 4 members (excludes halogenated alkanes) is 32. The highest BCUT2D eigenvalue weighted by Crippen LogP contribution is 2.43. The van der Waals surface area contributed by atoms with Gasteiger partial charge in [0.05, 0.1) is 19.8 Å². The van der Waals surface area contributed by atoms with Crippen molar-refractivity contribution < 1.29 is 52.2 Å². The number of carbonyl (C=O) groups is 3. The summed E-state index contributed by atoms with van der Waals surface area (Å²) in [5, 5.41) is 9.86. The summed E-state index contributed by atoms with van der Waals surface area (Å²) >= 11 is 0. The summed E-state index contributed by atoms with van der Waals surface area (Å²) in [7, 11) is -4.76. The molecule has 0 saturated carbocycles. The molecule has 0 amide bonds. The van der Waals surface area contributed by atoms with Crippen LogP contribution in [0, 0.1) is 0 Å². The van der Waals surface area contributed by atoms with Crippen LogP contribution < -0.4 is 0 Å². The molecule has 0 aromatic rings. The number of rotatable bonds is 61. The standard InChI is InChI=1S/C68H121O11P/c1-4-7-10-13-16-19-22-25-28-31-32-35-36-39-42-45-48-51-54-57-66(70)75-61-65(79-68(72)59-56-53-50-47-44-41-38-34-30-27-24-21-18-15-12-9-6-3)63-77-80(73,74)76-62-64(60-69)78-67(71)58-55-52-49-46-43-40-37-33-29-26-23-20-17-14-11-8-5-2/h9,12,16,18-19,21,25,27-28,30,38,41,64-65,69H,4-8,10-11,13-15,17,20,22-24,26,29,31-37,39-40,42-63H2,1-3H3,(H,73,74)/b12-9-,19-16-,21-18-,28-25-,30-27-,41-38-. The molecule has 3 unspecified atom stereocenters. The second-order valence-corrected chi connectivity index (χ2v) is 23.4. The quantitative estimate of drug-likeness (QED) is 0.0197. The molecular weight excluding hydrogens is 1020 g/mol. The van der Waals surface area contributed by atoms with E-state index in [-0.39, 0.29) is 25.9 Å². The van der Waals surface area contributed by atoms with Crippen molar-refractivity contribution in [1.29, 1.82) is 0 Å². The number of carbonyl (C=O) groups excluding carboxylic acids is 3. The van der Waals surface area contributed by atoms with Crippen molar-refractivity contribution in [3.63, 3.8) is 0 Å². The highest BCUT2D eigenvalue weighted by molar-refractivity contribution is 7.47. The van der Waals surface area contributed by atoms with E-state index in [1.807, 2.05) is 0 Å². The predicted octanol–water partition coefficient (Wildman–Crippen LogP) is 20.0. The van der Waals surface area contributed by atoms with Gasteiger partial charge in [0, 0.05) is 19.3 Å². The summed E-state index contributed by atoms with van der Waals surface area (Å²) in [6, 6.07) is 0. The number of phosphoric acid groups is 1. The summed E-state index contributed by atoms with van der Waals surface area (Å²) in [5.41, 5.74) is 0. The smallest absolute Gasteiger partial charge is 0.462 e. The second kappa shape index (κ2) is 62.0. The van der Waals surface area contributed by atoms with Crippen molar-refractivity contribution in [1.82, 2.24) is 0 Å². The highest BCUT2D eigenvalue weighted by Gasteiger charge is 2.28. The van der Waals surface area contributed by atoms with Gasteiger partial charge in [-0.15, -0.1) is 0 Å².